The van der Waals surface area contributed by atoms with Crippen molar-refractivity contribution < 1.29 is 35.4 Å². The Balaban J connectivity index is 1.09. The van der Waals surface area contributed by atoms with Gasteiger partial charge in [-0.1, -0.05) is 71.9 Å². The molecule has 0 radical (unpaired) electrons. The summed E-state index contributed by atoms with van der Waals surface area (Å²) in [4.78, 5) is 25.2. The maximum absolute atomic E-state index is 10.9. The first-order valence-electron chi connectivity index (χ1n) is 14.5. The van der Waals surface area contributed by atoms with E-state index in [1.807, 2.05) is 24.3 Å². The molecule has 1 aliphatic heterocycles. The van der Waals surface area contributed by atoms with E-state index in [0.717, 1.165) is 48.1 Å². The summed E-state index contributed by atoms with van der Waals surface area (Å²) in [6, 6.07) is 18.1. The van der Waals surface area contributed by atoms with Crippen LogP contribution >= 0.6 is 23.4 Å². The molecule has 5 rings (SSSR count). The zero-order valence-corrected chi connectivity index (χ0v) is 25.8. The van der Waals surface area contributed by atoms with Crippen LogP contribution in [0.5, 0.6) is 0 Å². The van der Waals surface area contributed by atoms with Gasteiger partial charge in [-0.25, -0.2) is 9.97 Å². The number of H-pyrrole nitrogens is 1. The maximum Gasteiger partial charge on any atom is 0.313 e. The number of imidazole rings is 1. The molecule has 0 bridgehead atoms. The zero-order valence-electron chi connectivity index (χ0n) is 24.3. The Hall–Kier alpha value is -3.11. The van der Waals surface area contributed by atoms with Gasteiger partial charge >= 0.3 is 5.97 Å². The van der Waals surface area contributed by atoms with Crippen molar-refractivity contribution in [2.45, 2.75) is 36.1 Å². The molecule has 240 valence electrons. The highest BCUT2D eigenvalue weighted by Gasteiger charge is 2.31. The summed E-state index contributed by atoms with van der Waals surface area (Å²) in [6.45, 7) is 2.62. The number of aliphatic hydroxyl groups is 5. The second kappa shape index (κ2) is 15.0. The Bertz CT molecular complexity index is 1580. The van der Waals surface area contributed by atoms with E-state index in [0.29, 0.717) is 39.5 Å². The van der Waals surface area contributed by atoms with Gasteiger partial charge in [0, 0.05) is 38.3 Å². The van der Waals surface area contributed by atoms with Crippen LogP contribution in [0, 0.1) is 5.92 Å². The molecule has 0 spiro atoms. The summed E-state index contributed by atoms with van der Waals surface area (Å²) in [5, 5.41) is 60.9. The van der Waals surface area contributed by atoms with Gasteiger partial charge in [-0.15, -0.1) is 0 Å². The van der Waals surface area contributed by atoms with Gasteiger partial charge in [0.15, 0.2) is 10.8 Å². The van der Waals surface area contributed by atoms with Crippen LogP contribution in [0.15, 0.2) is 59.8 Å². The van der Waals surface area contributed by atoms with Crippen molar-refractivity contribution in [1.29, 1.82) is 0 Å². The summed E-state index contributed by atoms with van der Waals surface area (Å²) >= 11 is 7.62. The Morgan fingerprint density at radius 1 is 0.978 bits per heavy atom. The number of likely N-dealkylation sites (tertiary alicyclic amines) is 1. The molecule has 0 aliphatic carbocycles. The topological polar surface area (TPSA) is 195 Å². The van der Waals surface area contributed by atoms with Crippen molar-refractivity contribution in [2.24, 2.45) is 5.92 Å². The number of carbonyl (C=O) groups is 1. The highest BCUT2D eigenvalue weighted by atomic mass is 35.5. The number of nitrogens with one attached hydrogen (secondary N) is 2. The number of carboxylic acid groups (broad SMARTS) is 1. The zero-order chi connectivity index (χ0) is 32.1. The number of fused-ring (bicyclic) bond motifs is 1. The van der Waals surface area contributed by atoms with Crippen LogP contribution in [0.1, 0.15) is 5.56 Å². The lowest BCUT2D eigenvalue weighted by Crippen LogP contribution is -2.52. The smallest absolute Gasteiger partial charge is 0.313 e. The first kappa shape index (κ1) is 33.3. The highest BCUT2D eigenvalue weighted by molar-refractivity contribution is 7.99. The number of aromatic amines is 1. The number of halogens is 1. The molecular formula is C31H36ClN5O7S. The van der Waals surface area contributed by atoms with Gasteiger partial charge in [0.05, 0.1) is 34.7 Å². The van der Waals surface area contributed by atoms with E-state index in [9.17, 15) is 25.2 Å². The number of benzene rings is 2. The van der Waals surface area contributed by atoms with Crippen molar-refractivity contribution in [3.63, 3.8) is 0 Å². The summed E-state index contributed by atoms with van der Waals surface area (Å²) in [5.74, 6) is -0.628. The van der Waals surface area contributed by atoms with Gasteiger partial charge in [0.25, 0.3) is 0 Å². The highest BCUT2D eigenvalue weighted by Crippen LogP contribution is 2.31. The van der Waals surface area contributed by atoms with E-state index < -0.39 is 37.0 Å². The molecule has 4 aromatic rings. The first-order chi connectivity index (χ1) is 21.6. The van der Waals surface area contributed by atoms with Crippen LogP contribution in [0.3, 0.4) is 0 Å². The molecule has 1 saturated heterocycles. The van der Waals surface area contributed by atoms with Gasteiger partial charge in [0.1, 0.15) is 18.3 Å². The first-order valence-corrected chi connectivity index (χ1v) is 15.8. The van der Waals surface area contributed by atoms with Gasteiger partial charge in [-0.05, 0) is 28.7 Å². The summed E-state index contributed by atoms with van der Waals surface area (Å²) in [7, 11) is 0. The second-order valence-corrected chi connectivity index (χ2v) is 12.6. The fourth-order valence-corrected chi connectivity index (χ4v) is 6.09. The molecule has 1 aliphatic rings. The van der Waals surface area contributed by atoms with E-state index in [2.05, 4.69) is 49.4 Å². The fourth-order valence-electron chi connectivity index (χ4n) is 5.23. The third-order valence-electron chi connectivity index (χ3n) is 7.73. The largest absolute Gasteiger partial charge is 0.481 e. The molecule has 1 fully saturated rings. The molecule has 4 atom stereocenters. The number of hydrogen-bond acceptors (Lipinski definition) is 11. The molecule has 0 unspecified atom stereocenters. The Labute approximate surface area is 268 Å². The van der Waals surface area contributed by atoms with E-state index in [1.165, 1.54) is 5.56 Å². The van der Waals surface area contributed by atoms with Crippen LogP contribution in [-0.2, 0) is 11.3 Å². The quantitative estimate of drug-likeness (QED) is 0.0861. The number of nitrogens with zero attached hydrogens (tertiary/aromatic N) is 3. The Morgan fingerprint density at radius 2 is 1.60 bits per heavy atom. The molecule has 45 heavy (non-hydrogen) atoms. The van der Waals surface area contributed by atoms with Gasteiger partial charge in [-0.2, -0.15) is 0 Å². The van der Waals surface area contributed by atoms with Crippen LogP contribution in [0.4, 0.5) is 0 Å². The number of aliphatic hydroxyl groups excluding tert-OH is 5. The lowest BCUT2D eigenvalue weighted by molar-refractivity contribution is -0.133. The van der Waals surface area contributed by atoms with Crippen LogP contribution in [-0.4, -0.2) is 119 Å². The Kier molecular flexibility index (Phi) is 11.1. The maximum atomic E-state index is 10.9. The SMILES string of the molecule is O=C(O)CSc1nc2nc(-c3ccc(-c4ccc(CN5CC(CNC[C@H](O)[C@@H](O)[C@H](O)[C@H](O)CO)C5)cc4)cc3)c(Cl)cc2[nH]1. The van der Waals surface area contributed by atoms with Crippen molar-refractivity contribution in [1.82, 2.24) is 25.2 Å². The summed E-state index contributed by atoms with van der Waals surface area (Å²) < 4.78 is 0. The molecule has 3 heterocycles. The minimum atomic E-state index is -1.62. The molecule has 0 saturated carbocycles. The van der Waals surface area contributed by atoms with E-state index >= 15 is 0 Å². The predicted molar refractivity (Wildman–Crippen MR) is 171 cm³/mol. The number of hydrogen-bond donors (Lipinski definition) is 8. The molecule has 0 amide bonds. The fraction of sp³-hybridized carbons (Fsp3) is 0.387. The van der Waals surface area contributed by atoms with Gasteiger partial charge in [0.2, 0.25) is 0 Å². The van der Waals surface area contributed by atoms with Crippen LogP contribution < -0.4 is 5.32 Å². The molecule has 2 aromatic heterocycles. The molecule has 12 nitrogen and oxygen atoms in total. The lowest BCUT2D eigenvalue weighted by atomic mass is 9.97. The average molecular weight is 658 g/mol. The second-order valence-electron chi connectivity index (χ2n) is 11.2. The predicted octanol–water partition coefficient (Wildman–Crippen LogP) is 1.58. The third-order valence-corrected chi connectivity index (χ3v) is 8.88. The number of carboxylic acids is 1. The molecule has 14 heteroatoms. The van der Waals surface area contributed by atoms with Crippen molar-refractivity contribution in [3.05, 3.63) is 65.2 Å². The summed E-state index contributed by atoms with van der Waals surface area (Å²) in [6.07, 6.45) is -5.95. The monoisotopic (exact) mass is 657 g/mol. The number of rotatable bonds is 15. The minimum Gasteiger partial charge on any atom is -0.481 e. The minimum absolute atomic E-state index is 0.0640. The van der Waals surface area contributed by atoms with Crippen molar-refractivity contribution in [3.8, 4) is 22.4 Å². The van der Waals surface area contributed by atoms with E-state index in [4.69, 9.17) is 21.8 Å². The van der Waals surface area contributed by atoms with E-state index in [1.54, 1.807) is 6.07 Å². The number of pyridine rings is 1. The lowest BCUT2D eigenvalue weighted by Gasteiger charge is -2.39. The number of aliphatic carboxylic acids is 1. The molecule has 2 aromatic carbocycles. The Morgan fingerprint density at radius 3 is 2.24 bits per heavy atom. The van der Waals surface area contributed by atoms with Crippen LogP contribution in [0.25, 0.3) is 33.5 Å². The molecular weight excluding hydrogens is 622 g/mol. The van der Waals surface area contributed by atoms with Crippen molar-refractivity contribution in [2.75, 3.05) is 38.5 Å². The standard InChI is InChI=1S/C31H36ClN5O7S/c32-22-9-23-30(36-31(34-23)45-16-26(41)42)35-27(22)21-7-5-20(6-8-21)19-3-1-17(2-4-19)12-37-13-18(14-37)10-33-11-24(39)28(43)29(44)25(40)15-38/h1-9,18,24-25,28-29,33,38-40,43-44H,10-16H2,(H,41,42)(H,34,35,36)/t24-,25+,28+,29+/m0/s1. The number of aromatic nitrogens is 3. The van der Waals surface area contributed by atoms with Gasteiger partial charge in [-0.3, -0.25) is 9.69 Å². The van der Waals surface area contributed by atoms with Crippen LogP contribution in [0.2, 0.25) is 5.02 Å². The van der Waals surface area contributed by atoms with Gasteiger partial charge < -0.3 is 40.9 Å². The molecule has 8 N–H and O–H groups in total. The average Bonchev–Trinajstić information content (AvgIpc) is 3.42. The number of thioether (sulfide) groups is 1. The normalized spacial score (nSPS) is 16.8. The van der Waals surface area contributed by atoms with Crippen molar-refractivity contribution >= 4 is 40.5 Å². The third kappa shape index (κ3) is 8.38. The van der Waals surface area contributed by atoms with E-state index in [-0.39, 0.29) is 12.3 Å². The summed E-state index contributed by atoms with van der Waals surface area (Å²) in [5.41, 5.74) is 5.88.